The van der Waals surface area contributed by atoms with Crippen LogP contribution in [0.5, 0.6) is 0 Å². The molecule has 2 fully saturated rings. The van der Waals surface area contributed by atoms with Crippen LogP contribution in [-0.2, 0) is 0 Å². The van der Waals surface area contributed by atoms with E-state index in [0.717, 1.165) is 0 Å². The highest BCUT2D eigenvalue weighted by molar-refractivity contribution is 5.23. The fourth-order valence-corrected chi connectivity index (χ4v) is 3.69. The van der Waals surface area contributed by atoms with Crippen molar-refractivity contribution in [3.63, 3.8) is 0 Å². The highest BCUT2D eigenvalue weighted by Gasteiger charge is 2.34. The van der Waals surface area contributed by atoms with Gasteiger partial charge in [0.25, 0.3) is 0 Å². The van der Waals surface area contributed by atoms with E-state index < -0.39 is 0 Å². The zero-order chi connectivity index (χ0) is 14.2. The van der Waals surface area contributed by atoms with Crippen LogP contribution in [0.15, 0.2) is 24.3 Å². The van der Waals surface area contributed by atoms with Crippen LogP contribution in [-0.4, -0.2) is 12.1 Å². The third-order valence-electron chi connectivity index (χ3n) is 5.27. The van der Waals surface area contributed by atoms with E-state index in [9.17, 15) is 4.39 Å². The number of benzene rings is 1. The van der Waals surface area contributed by atoms with Gasteiger partial charge in [-0.25, -0.2) is 4.39 Å². The molecular weight excluding hydrogens is 249 g/mol. The Morgan fingerprint density at radius 1 is 1.10 bits per heavy atom. The normalized spacial score (nSPS) is 29.9. The average Bonchev–Trinajstić information content (AvgIpc) is 2.35. The summed E-state index contributed by atoms with van der Waals surface area (Å²) in [6.07, 6.45) is 7.64. The first-order valence-electron chi connectivity index (χ1n) is 8.03. The van der Waals surface area contributed by atoms with Crippen molar-refractivity contribution >= 4 is 0 Å². The first-order chi connectivity index (χ1) is 9.52. The van der Waals surface area contributed by atoms with Crippen molar-refractivity contribution in [2.75, 3.05) is 0 Å². The van der Waals surface area contributed by atoms with Gasteiger partial charge < -0.3 is 5.32 Å². The Morgan fingerprint density at radius 2 is 1.80 bits per heavy atom. The average molecular weight is 275 g/mol. The second kappa shape index (κ2) is 5.48. The highest BCUT2D eigenvalue weighted by atomic mass is 19.1. The standard InChI is InChI=1S/C18H26FN/c1-18(2)8-6-16(7-9-18)20-17-11-14(12-17)13-4-3-5-15(19)10-13/h3-5,10,14,16-17,20H,6-9,11-12H2,1-2H3. The summed E-state index contributed by atoms with van der Waals surface area (Å²) in [6, 6.07) is 8.48. The summed E-state index contributed by atoms with van der Waals surface area (Å²) in [7, 11) is 0. The lowest BCUT2D eigenvalue weighted by atomic mass is 9.73. The molecule has 1 N–H and O–H groups in total. The molecule has 3 rings (SSSR count). The first-order valence-corrected chi connectivity index (χ1v) is 8.03. The molecule has 0 saturated heterocycles. The van der Waals surface area contributed by atoms with Gasteiger partial charge in [-0.3, -0.25) is 0 Å². The van der Waals surface area contributed by atoms with Crippen molar-refractivity contribution < 1.29 is 4.39 Å². The maximum atomic E-state index is 13.2. The van der Waals surface area contributed by atoms with E-state index in [-0.39, 0.29) is 5.82 Å². The van der Waals surface area contributed by atoms with E-state index in [2.05, 4.69) is 25.2 Å². The van der Waals surface area contributed by atoms with Crippen molar-refractivity contribution in [2.24, 2.45) is 5.41 Å². The van der Waals surface area contributed by atoms with Crippen LogP contribution in [0.25, 0.3) is 0 Å². The lowest BCUT2D eigenvalue weighted by molar-refractivity contribution is 0.174. The lowest BCUT2D eigenvalue weighted by Gasteiger charge is -2.42. The largest absolute Gasteiger partial charge is 0.311 e. The Labute approximate surface area is 122 Å². The van der Waals surface area contributed by atoms with E-state index in [1.54, 1.807) is 6.07 Å². The topological polar surface area (TPSA) is 12.0 Å². The van der Waals surface area contributed by atoms with Gasteiger partial charge in [0.05, 0.1) is 0 Å². The second-order valence-electron chi connectivity index (χ2n) is 7.53. The monoisotopic (exact) mass is 275 g/mol. The summed E-state index contributed by atoms with van der Waals surface area (Å²) in [6.45, 7) is 4.76. The molecule has 2 aliphatic rings. The maximum Gasteiger partial charge on any atom is 0.123 e. The fraction of sp³-hybridized carbons (Fsp3) is 0.667. The number of rotatable bonds is 3. The van der Waals surface area contributed by atoms with Crippen molar-refractivity contribution in [2.45, 2.75) is 70.4 Å². The third kappa shape index (κ3) is 3.22. The summed E-state index contributed by atoms with van der Waals surface area (Å²) in [4.78, 5) is 0. The van der Waals surface area contributed by atoms with Gasteiger partial charge in [0.2, 0.25) is 0 Å². The second-order valence-corrected chi connectivity index (χ2v) is 7.53. The Hall–Kier alpha value is -0.890. The molecule has 2 heteroatoms. The fourth-order valence-electron chi connectivity index (χ4n) is 3.69. The Balaban J connectivity index is 1.45. The number of nitrogens with one attached hydrogen (secondary N) is 1. The van der Waals surface area contributed by atoms with Crippen molar-refractivity contribution in [3.05, 3.63) is 35.6 Å². The molecule has 2 aliphatic carbocycles. The molecule has 0 aliphatic heterocycles. The molecule has 110 valence electrons. The zero-order valence-electron chi connectivity index (χ0n) is 12.7. The van der Waals surface area contributed by atoms with Crippen LogP contribution in [0.1, 0.15) is 63.9 Å². The van der Waals surface area contributed by atoms with Crippen LogP contribution in [0.4, 0.5) is 4.39 Å². The predicted octanol–water partition coefficient (Wildman–Crippen LogP) is 4.63. The summed E-state index contributed by atoms with van der Waals surface area (Å²) < 4.78 is 13.2. The van der Waals surface area contributed by atoms with Crippen molar-refractivity contribution in [1.82, 2.24) is 5.32 Å². The molecule has 1 aromatic rings. The molecular formula is C18H26FN. The van der Waals surface area contributed by atoms with Gasteiger partial charge >= 0.3 is 0 Å². The maximum absolute atomic E-state index is 13.2. The van der Waals surface area contributed by atoms with E-state index in [4.69, 9.17) is 0 Å². The minimum Gasteiger partial charge on any atom is -0.311 e. The van der Waals surface area contributed by atoms with E-state index in [1.807, 2.05) is 6.07 Å². The predicted molar refractivity (Wildman–Crippen MR) is 81.3 cm³/mol. The third-order valence-corrected chi connectivity index (χ3v) is 5.27. The zero-order valence-corrected chi connectivity index (χ0v) is 12.7. The molecule has 0 unspecified atom stereocenters. The van der Waals surface area contributed by atoms with Crippen LogP contribution < -0.4 is 5.32 Å². The van der Waals surface area contributed by atoms with Gasteiger partial charge in [-0.1, -0.05) is 26.0 Å². The lowest BCUT2D eigenvalue weighted by Crippen LogP contribution is -2.47. The smallest absolute Gasteiger partial charge is 0.123 e. The number of halogens is 1. The quantitative estimate of drug-likeness (QED) is 0.848. The molecule has 0 amide bonds. The van der Waals surface area contributed by atoms with Gasteiger partial charge in [0.15, 0.2) is 0 Å². The molecule has 0 spiro atoms. The van der Waals surface area contributed by atoms with E-state index >= 15 is 0 Å². The molecule has 2 saturated carbocycles. The highest BCUT2D eigenvalue weighted by Crippen LogP contribution is 2.39. The SMILES string of the molecule is CC1(C)CCC(NC2CC(c3cccc(F)c3)C2)CC1. The van der Waals surface area contributed by atoms with Crippen LogP contribution >= 0.6 is 0 Å². The van der Waals surface area contributed by atoms with Gasteiger partial charge in [-0.15, -0.1) is 0 Å². The van der Waals surface area contributed by atoms with E-state index in [1.165, 1.54) is 50.2 Å². The van der Waals surface area contributed by atoms with Crippen LogP contribution in [0.3, 0.4) is 0 Å². The van der Waals surface area contributed by atoms with Crippen LogP contribution in [0, 0.1) is 11.2 Å². The van der Waals surface area contributed by atoms with Gasteiger partial charge in [-0.2, -0.15) is 0 Å². The summed E-state index contributed by atoms with van der Waals surface area (Å²) in [5, 5.41) is 3.81. The molecule has 0 heterocycles. The Morgan fingerprint density at radius 3 is 2.45 bits per heavy atom. The first kappa shape index (κ1) is 14.1. The van der Waals surface area contributed by atoms with Crippen LogP contribution in [0.2, 0.25) is 0 Å². The molecule has 20 heavy (non-hydrogen) atoms. The summed E-state index contributed by atoms with van der Waals surface area (Å²) in [5.41, 5.74) is 1.72. The van der Waals surface area contributed by atoms with Crippen molar-refractivity contribution in [3.8, 4) is 0 Å². The molecule has 1 aromatic carbocycles. The Bertz CT molecular complexity index is 452. The minimum atomic E-state index is -0.103. The van der Waals surface area contributed by atoms with Crippen molar-refractivity contribution in [1.29, 1.82) is 0 Å². The van der Waals surface area contributed by atoms with E-state index in [0.29, 0.717) is 23.4 Å². The van der Waals surface area contributed by atoms with Gasteiger partial charge in [0, 0.05) is 12.1 Å². The summed E-state index contributed by atoms with van der Waals surface area (Å²) >= 11 is 0. The molecule has 0 atom stereocenters. The molecule has 0 aromatic heterocycles. The van der Waals surface area contributed by atoms with Gasteiger partial charge in [-0.05, 0) is 67.6 Å². The molecule has 0 bridgehead atoms. The Kier molecular flexibility index (Phi) is 3.85. The number of hydrogen-bond donors (Lipinski definition) is 1. The number of hydrogen-bond acceptors (Lipinski definition) is 1. The molecule has 1 nitrogen and oxygen atoms in total. The minimum absolute atomic E-state index is 0.103. The molecule has 0 radical (unpaired) electrons. The van der Waals surface area contributed by atoms with Gasteiger partial charge in [0.1, 0.15) is 5.82 Å². The summed E-state index contributed by atoms with van der Waals surface area (Å²) in [5.74, 6) is 0.455.